The number of methoxy groups -OCH3 is 2. The van der Waals surface area contributed by atoms with Crippen molar-refractivity contribution in [3.63, 3.8) is 0 Å². The van der Waals surface area contributed by atoms with Gasteiger partial charge < -0.3 is 47.7 Å². The Balaban J connectivity index is 1.20. The fourth-order valence-electron chi connectivity index (χ4n) is 5.16. The van der Waals surface area contributed by atoms with Crippen molar-refractivity contribution in [3.8, 4) is 45.6 Å². The van der Waals surface area contributed by atoms with Gasteiger partial charge in [-0.3, -0.25) is 0 Å². The normalized spacial score (nSPS) is 13.1. The number of nitrogens with zero attached hydrogens (tertiary/aromatic N) is 1. The van der Waals surface area contributed by atoms with Gasteiger partial charge in [0.25, 0.3) is 0 Å². The molecule has 4 aromatic rings. The first-order chi connectivity index (χ1) is 22.1. The molecule has 0 spiro atoms. The van der Waals surface area contributed by atoms with Crippen LogP contribution in [0.25, 0.3) is 22.0 Å². The van der Waals surface area contributed by atoms with E-state index in [2.05, 4.69) is 0 Å². The van der Waals surface area contributed by atoms with Gasteiger partial charge in [0.2, 0.25) is 6.79 Å². The van der Waals surface area contributed by atoms with Crippen molar-refractivity contribution >= 4 is 16.9 Å². The molecule has 0 unspecified atom stereocenters. The lowest BCUT2D eigenvalue weighted by molar-refractivity contribution is 0.0245. The van der Waals surface area contributed by atoms with Gasteiger partial charge in [0.15, 0.2) is 34.5 Å². The number of pyridine rings is 1. The Hall–Kier alpha value is -4.78. The van der Waals surface area contributed by atoms with Crippen molar-refractivity contribution in [1.29, 1.82) is 0 Å². The number of hydrogen-bond donors (Lipinski definition) is 1. The first-order valence-electron chi connectivity index (χ1n) is 14.4. The molecule has 12 nitrogen and oxygen atoms in total. The van der Waals surface area contributed by atoms with E-state index in [0.717, 1.165) is 11.1 Å². The lowest BCUT2D eigenvalue weighted by atomic mass is 9.94. The average Bonchev–Trinajstić information content (AvgIpc) is 3.69. The molecular weight excluding hydrogens is 586 g/mol. The smallest absolute Gasteiger partial charge is 0.341 e. The van der Waals surface area contributed by atoms with Crippen LogP contribution < -0.4 is 28.4 Å². The quantitative estimate of drug-likeness (QED) is 0.150. The highest BCUT2D eigenvalue weighted by molar-refractivity contribution is 6.09. The summed E-state index contributed by atoms with van der Waals surface area (Å²) in [6, 6.07) is 14.7. The van der Waals surface area contributed by atoms with Crippen LogP contribution in [0.15, 0.2) is 48.5 Å². The van der Waals surface area contributed by atoms with Gasteiger partial charge in [-0.15, -0.1) is 0 Å². The van der Waals surface area contributed by atoms with Crippen LogP contribution in [0.4, 0.5) is 0 Å². The van der Waals surface area contributed by atoms with E-state index in [1.165, 1.54) is 0 Å². The predicted octanol–water partition coefficient (Wildman–Crippen LogP) is 4.30. The number of benzene rings is 3. The number of hydrogen-bond acceptors (Lipinski definition) is 12. The minimum atomic E-state index is -0.427. The third-order valence-corrected chi connectivity index (χ3v) is 7.27. The van der Waals surface area contributed by atoms with Crippen molar-refractivity contribution in [3.05, 3.63) is 65.4 Å². The highest BCUT2D eigenvalue weighted by Gasteiger charge is 2.30. The number of ether oxygens (including phenoxy) is 9. The summed E-state index contributed by atoms with van der Waals surface area (Å²) in [5.41, 5.74) is 3.90. The van der Waals surface area contributed by atoms with Gasteiger partial charge in [-0.05, 0) is 41.5 Å². The zero-order chi connectivity index (χ0) is 31.2. The average molecular weight is 620 g/mol. The Bertz CT molecular complexity index is 1690. The van der Waals surface area contributed by atoms with Crippen molar-refractivity contribution < 1.29 is 52.5 Å². The van der Waals surface area contributed by atoms with E-state index in [1.807, 2.05) is 42.5 Å². The Morgan fingerprint density at radius 3 is 2.36 bits per heavy atom. The fourth-order valence-corrected chi connectivity index (χ4v) is 5.16. The van der Waals surface area contributed by atoms with Gasteiger partial charge in [0.1, 0.15) is 19.8 Å². The number of aliphatic hydroxyl groups excluding tert-OH is 1. The largest absolute Gasteiger partial charge is 0.493 e. The third-order valence-electron chi connectivity index (χ3n) is 7.27. The Morgan fingerprint density at radius 1 is 0.756 bits per heavy atom. The van der Waals surface area contributed by atoms with Gasteiger partial charge in [-0.2, -0.15) is 0 Å². The summed E-state index contributed by atoms with van der Waals surface area (Å²) in [5, 5.41) is 9.43. The SMILES string of the molecule is COc1cc(COc2cc3nc4c(c(-c5ccc6c(c5)OCO6)c3cc2OC)C(=O)OC4)ccc1OCCOCCOCCO. The molecule has 45 heavy (non-hydrogen) atoms. The molecule has 0 amide bonds. The first kappa shape index (κ1) is 30.3. The molecule has 1 aromatic heterocycles. The molecule has 3 heterocycles. The standard InChI is InChI=1S/C33H33NO11/c1-37-27-13-20(3-5-25(27)41-12-11-40-10-9-39-8-7-35)17-42-30-16-23-22(15-28(30)38-2)31(32-24(34-23)18-43-33(32)36)21-4-6-26-29(14-21)45-19-44-26/h3-6,13-16,35H,7-12,17-19H2,1-2H3. The summed E-state index contributed by atoms with van der Waals surface area (Å²) >= 11 is 0. The number of carbonyl (C=O) groups is 1. The summed E-state index contributed by atoms with van der Waals surface area (Å²) in [6.07, 6.45) is 0. The maximum absolute atomic E-state index is 12.8. The maximum atomic E-state index is 12.8. The number of cyclic esters (lactones) is 1. The number of fused-ring (bicyclic) bond motifs is 3. The van der Waals surface area contributed by atoms with Crippen molar-refractivity contribution in [2.45, 2.75) is 13.2 Å². The van der Waals surface area contributed by atoms with Crippen LogP contribution in [-0.4, -0.2) is 76.7 Å². The lowest BCUT2D eigenvalue weighted by Crippen LogP contribution is -2.12. The van der Waals surface area contributed by atoms with E-state index in [4.69, 9.17) is 52.7 Å². The van der Waals surface area contributed by atoms with Gasteiger partial charge in [0, 0.05) is 17.0 Å². The number of rotatable bonds is 15. The van der Waals surface area contributed by atoms with Crippen LogP contribution in [0.1, 0.15) is 21.6 Å². The van der Waals surface area contributed by atoms with E-state index < -0.39 is 5.97 Å². The molecule has 12 heteroatoms. The van der Waals surface area contributed by atoms with E-state index in [0.29, 0.717) is 95.3 Å². The number of esters is 1. The molecule has 1 N–H and O–H groups in total. The second-order valence-electron chi connectivity index (χ2n) is 10.0. The molecular formula is C33H33NO11. The first-order valence-corrected chi connectivity index (χ1v) is 14.4. The lowest BCUT2D eigenvalue weighted by Gasteiger charge is -2.16. The highest BCUT2D eigenvalue weighted by Crippen LogP contribution is 2.44. The molecule has 0 radical (unpaired) electrons. The molecule has 0 fully saturated rings. The Labute approximate surface area is 259 Å². The number of aromatic nitrogens is 1. The predicted molar refractivity (Wildman–Crippen MR) is 161 cm³/mol. The molecule has 2 aliphatic rings. The number of aliphatic hydroxyl groups is 1. The molecule has 3 aromatic carbocycles. The fraction of sp³-hybridized carbons (Fsp3) is 0.333. The Kier molecular flexibility index (Phi) is 9.34. The maximum Gasteiger partial charge on any atom is 0.341 e. The monoisotopic (exact) mass is 619 g/mol. The van der Waals surface area contributed by atoms with Crippen molar-refractivity contribution in [2.24, 2.45) is 0 Å². The van der Waals surface area contributed by atoms with Crippen LogP contribution >= 0.6 is 0 Å². The minimum absolute atomic E-state index is 0.0123. The number of carbonyl (C=O) groups excluding carboxylic acids is 1. The zero-order valence-electron chi connectivity index (χ0n) is 25.0. The van der Waals surface area contributed by atoms with E-state index >= 15 is 0 Å². The summed E-state index contributed by atoms with van der Waals surface area (Å²) in [6.45, 7) is 2.27. The minimum Gasteiger partial charge on any atom is -0.493 e. The molecule has 0 aliphatic carbocycles. The van der Waals surface area contributed by atoms with Gasteiger partial charge in [-0.1, -0.05) is 12.1 Å². The van der Waals surface area contributed by atoms with Crippen LogP contribution in [0.2, 0.25) is 0 Å². The molecule has 236 valence electrons. The zero-order valence-corrected chi connectivity index (χ0v) is 25.0. The molecule has 0 bridgehead atoms. The van der Waals surface area contributed by atoms with Crippen LogP contribution in [0.3, 0.4) is 0 Å². The van der Waals surface area contributed by atoms with Gasteiger partial charge in [0.05, 0.1) is 64.0 Å². The van der Waals surface area contributed by atoms with Crippen molar-refractivity contribution in [1.82, 2.24) is 4.98 Å². The topological polar surface area (TPSA) is 133 Å². The second-order valence-corrected chi connectivity index (χ2v) is 10.0. The molecule has 2 aliphatic heterocycles. The van der Waals surface area contributed by atoms with Crippen LogP contribution in [-0.2, 0) is 27.4 Å². The Morgan fingerprint density at radius 2 is 1.53 bits per heavy atom. The molecule has 0 saturated heterocycles. The van der Waals surface area contributed by atoms with E-state index in [-0.39, 0.29) is 26.6 Å². The van der Waals surface area contributed by atoms with Crippen LogP contribution in [0.5, 0.6) is 34.5 Å². The van der Waals surface area contributed by atoms with E-state index in [9.17, 15) is 4.79 Å². The van der Waals surface area contributed by atoms with E-state index in [1.54, 1.807) is 20.3 Å². The summed E-state index contributed by atoms with van der Waals surface area (Å²) in [7, 11) is 3.13. The third kappa shape index (κ3) is 6.53. The molecule has 6 rings (SSSR count). The highest BCUT2D eigenvalue weighted by atomic mass is 16.7. The summed E-state index contributed by atoms with van der Waals surface area (Å²) in [4.78, 5) is 17.6. The molecule has 0 saturated carbocycles. The molecule has 0 atom stereocenters. The second kappa shape index (κ2) is 13.9. The summed E-state index contributed by atoms with van der Waals surface area (Å²) < 4.78 is 50.4. The van der Waals surface area contributed by atoms with Crippen LogP contribution in [0, 0.1) is 0 Å². The van der Waals surface area contributed by atoms with Gasteiger partial charge >= 0.3 is 5.97 Å². The van der Waals surface area contributed by atoms with Crippen molar-refractivity contribution in [2.75, 3.05) is 60.7 Å². The summed E-state index contributed by atoms with van der Waals surface area (Å²) in [5.74, 6) is 2.92. The van der Waals surface area contributed by atoms with Gasteiger partial charge in [-0.25, -0.2) is 9.78 Å².